The van der Waals surface area contributed by atoms with E-state index in [1.165, 1.54) is 12.8 Å². The molecule has 0 aliphatic carbocycles. The van der Waals surface area contributed by atoms with Gasteiger partial charge in [0, 0.05) is 12.6 Å². The highest BCUT2D eigenvalue weighted by Crippen LogP contribution is 2.02. The van der Waals surface area contributed by atoms with Crippen molar-refractivity contribution >= 4 is 5.91 Å². The van der Waals surface area contributed by atoms with Crippen molar-refractivity contribution in [2.24, 2.45) is 0 Å². The molecule has 0 aromatic rings. The van der Waals surface area contributed by atoms with E-state index in [9.17, 15) is 4.79 Å². The second-order valence-electron chi connectivity index (χ2n) is 3.04. The van der Waals surface area contributed by atoms with Gasteiger partial charge in [-0.15, -0.1) is 0 Å². The lowest BCUT2D eigenvalue weighted by Gasteiger charge is -2.09. The van der Waals surface area contributed by atoms with E-state index in [1.54, 1.807) is 12.2 Å². The molecule has 0 bridgehead atoms. The molecule has 68 valence electrons. The van der Waals surface area contributed by atoms with Crippen LogP contribution in [0.2, 0.25) is 0 Å². The zero-order chi connectivity index (χ0) is 8.81. The van der Waals surface area contributed by atoms with Crippen molar-refractivity contribution < 1.29 is 4.79 Å². The SMILES string of the molecule is CC=CC(=O)NCC1CCCN1. The fraction of sp³-hybridized carbons (Fsp3) is 0.667. The Kier molecular flexibility index (Phi) is 3.80. The van der Waals surface area contributed by atoms with E-state index in [2.05, 4.69) is 10.6 Å². The van der Waals surface area contributed by atoms with Crippen LogP contribution in [0.4, 0.5) is 0 Å². The van der Waals surface area contributed by atoms with Gasteiger partial charge in [-0.2, -0.15) is 0 Å². The highest BCUT2D eigenvalue weighted by atomic mass is 16.1. The van der Waals surface area contributed by atoms with Crippen molar-refractivity contribution in [3.63, 3.8) is 0 Å². The molecule has 1 fully saturated rings. The minimum atomic E-state index is 0.00574. The number of rotatable bonds is 3. The zero-order valence-electron chi connectivity index (χ0n) is 7.47. The van der Waals surface area contributed by atoms with E-state index < -0.39 is 0 Å². The van der Waals surface area contributed by atoms with Crippen LogP contribution >= 0.6 is 0 Å². The smallest absolute Gasteiger partial charge is 0.243 e. The molecule has 1 saturated heterocycles. The number of carbonyl (C=O) groups is 1. The van der Waals surface area contributed by atoms with Gasteiger partial charge in [-0.1, -0.05) is 6.08 Å². The fourth-order valence-electron chi connectivity index (χ4n) is 1.37. The third-order valence-corrected chi connectivity index (χ3v) is 2.00. The summed E-state index contributed by atoms with van der Waals surface area (Å²) < 4.78 is 0. The Morgan fingerprint density at radius 3 is 3.17 bits per heavy atom. The summed E-state index contributed by atoms with van der Waals surface area (Å²) in [5.74, 6) is 0.00574. The molecule has 1 heterocycles. The largest absolute Gasteiger partial charge is 0.351 e. The van der Waals surface area contributed by atoms with E-state index >= 15 is 0 Å². The third kappa shape index (κ3) is 3.05. The van der Waals surface area contributed by atoms with Crippen LogP contribution in [0.25, 0.3) is 0 Å². The topological polar surface area (TPSA) is 41.1 Å². The molecule has 0 radical (unpaired) electrons. The molecule has 0 aromatic heterocycles. The van der Waals surface area contributed by atoms with Gasteiger partial charge in [0.25, 0.3) is 0 Å². The Hall–Kier alpha value is -0.830. The number of carbonyl (C=O) groups excluding carboxylic acids is 1. The Morgan fingerprint density at radius 2 is 2.58 bits per heavy atom. The van der Waals surface area contributed by atoms with Crippen LogP contribution in [0, 0.1) is 0 Å². The second-order valence-corrected chi connectivity index (χ2v) is 3.04. The molecule has 0 spiro atoms. The molecule has 1 aliphatic heterocycles. The summed E-state index contributed by atoms with van der Waals surface area (Å²) in [6.07, 6.45) is 5.70. The van der Waals surface area contributed by atoms with Crippen LogP contribution in [0.3, 0.4) is 0 Å². The van der Waals surface area contributed by atoms with Gasteiger partial charge < -0.3 is 10.6 Å². The number of hydrogen-bond donors (Lipinski definition) is 2. The van der Waals surface area contributed by atoms with Crippen LogP contribution in [0.1, 0.15) is 19.8 Å². The van der Waals surface area contributed by atoms with E-state index in [4.69, 9.17) is 0 Å². The first-order chi connectivity index (χ1) is 5.83. The van der Waals surface area contributed by atoms with Crippen LogP contribution in [0.5, 0.6) is 0 Å². The first-order valence-corrected chi connectivity index (χ1v) is 4.47. The van der Waals surface area contributed by atoms with Gasteiger partial charge in [0.05, 0.1) is 0 Å². The standard InChI is InChI=1S/C9H16N2O/c1-2-4-9(12)11-7-8-5-3-6-10-8/h2,4,8,10H,3,5-7H2,1H3,(H,11,12). The van der Waals surface area contributed by atoms with Crippen molar-refractivity contribution in [2.45, 2.75) is 25.8 Å². The van der Waals surface area contributed by atoms with Crippen LogP contribution in [0.15, 0.2) is 12.2 Å². The summed E-state index contributed by atoms with van der Waals surface area (Å²) >= 11 is 0. The van der Waals surface area contributed by atoms with Gasteiger partial charge in [0.15, 0.2) is 0 Å². The van der Waals surface area contributed by atoms with Crippen molar-refractivity contribution in [1.82, 2.24) is 10.6 Å². The fourth-order valence-corrected chi connectivity index (χ4v) is 1.37. The number of hydrogen-bond acceptors (Lipinski definition) is 2. The first kappa shape index (κ1) is 9.26. The average molecular weight is 168 g/mol. The quantitative estimate of drug-likeness (QED) is 0.600. The van der Waals surface area contributed by atoms with Crippen molar-refractivity contribution in [2.75, 3.05) is 13.1 Å². The molecule has 1 unspecified atom stereocenters. The van der Waals surface area contributed by atoms with Gasteiger partial charge in [-0.25, -0.2) is 0 Å². The average Bonchev–Trinajstić information content (AvgIpc) is 2.53. The Balaban J connectivity index is 2.11. The van der Waals surface area contributed by atoms with Crippen molar-refractivity contribution in [3.05, 3.63) is 12.2 Å². The molecule has 1 aliphatic rings. The highest BCUT2D eigenvalue weighted by molar-refractivity contribution is 5.87. The van der Waals surface area contributed by atoms with E-state index in [0.717, 1.165) is 13.1 Å². The Morgan fingerprint density at radius 1 is 1.75 bits per heavy atom. The number of nitrogens with one attached hydrogen (secondary N) is 2. The highest BCUT2D eigenvalue weighted by Gasteiger charge is 2.13. The van der Waals surface area contributed by atoms with Crippen molar-refractivity contribution in [1.29, 1.82) is 0 Å². The maximum atomic E-state index is 11.0. The second kappa shape index (κ2) is 4.93. The van der Waals surface area contributed by atoms with E-state index in [0.29, 0.717) is 6.04 Å². The van der Waals surface area contributed by atoms with Crippen LogP contribution in [-0.4, -0.2) is 25.0 Å². The Bertz CT molecular complexity index is 171. The maximum Gasteiger partial charge on any atom is 0.243 e. The summed E-state index contributed by atoms with van der Waals surface area (Å²) in [6, 6.07) is 0.485. The minimum Gasteiger partial charge on any atom is -0.351 e. The van der Waals surface area contributed by atoms with Gasteiger partial charge in [-0.05, 0) is 32.4 Å². The van der Waals surface area contributed by atoms with Gasteiger partial charge in [0.1, 0.15) is 0 Å². The molecule has 2 N–H and O–H groups in total. The predicted octanol–water partition coefficient (Wildman–Crippen LogP) is 0.431. The van der Waals surface area contributed by atoms with Gasteiger partial charge >= 0.3 is 0 Å². The van der Waals surface area contributed by atoms with Crippen LogP contribution in [-0.2, 0) is 4.79 Å². The molecule has 1 rings (SSSR count). The van der Waals surface area contributed by atoms with Gasteiger partial charge in [-0.3, -0.25) is 4.79 Å². The summed E-state index contributed by atoms with van der Waals surface area (Å²) in [7, 11) is 0. The lowest BCUT2D eigenvalue weighted by Crippen LogP contribution is -2.36. The van der Waals surface area contributed by atoms with E-state index in [1.807, 2.05) is 6.92 Å². The summed E-state index contributed by atoms with van der Waals surface area (Å²) in [5, 5.41) is 6.15. The maximum absolute atomic E-state index is 11.0. The first-order valence-electron chi connectivity index (χ1n) is 4.47. The lowest BCUT2D eigenvalue weighted by atomic mass is 10.2. The molecular weight excluding hydrogens is 152 g/mol. The molecule has 0 saturated carbocycles. The molecule has 3 heteroatoms. The predicted molar refractivity (Wildman–Crippen MR) is 48.8 cm³/mol. The molecule has 12 heavy (non-hydrogen) atoms. The lowest BCUT2D eigenvalue weighted by molar-refractivity contribution is -0.116. The summed E-state index contributed by atoms with van der Waals surface area (Å²) in [4.78, 5) is 11.0. The summed E-state index contributed by atoms with van der Waals surface area (Å²) in [6.45, 7) is 3.68. The van der Waals surface area contributed by atoms with E-state index in [-0.39, 0.29) is 5.91 Å². The number of amides is 1. The van der Waals surface area contributed by atoms with Crippen LogP contribution < -0.4 is 10.6 Å². The third-order valence-electron chi connectivity index (χ3n) is 2.00. The van der Waals surface area contributed by atoms with Crippen molar-refractivity contribution in [3.8, 4) is 0 Å². The molecular formula is C9H16N2O. The van der Waals surface area contributed by atoms with Gasteiger partial charge in [0.2, 0.25) is 5.91 Å². The monoisotopic (exact) mass is 168 g/mol. The Labute approximate surface area is 73.2 Å². The molecule has 1 atom stereocenters. The zero-order valence-corrected chi connectivity index (χ0v) is 7.47. The molecule has 1 amide bonds. The number of allylic oxidation sites excluding steroid dienone is 1. The normalized spacial score (nSPS) is 23.2. The molecule has 0 aromatic carbocycles. The minimum absolute atomic E-state index is 0.00574. The summed E-state index contributed by atoms with van der Waals surface area (Å²) in [5.41, 5.74) is 0. The molecule has 3 nitrogen and oxygen atoms in total.